The molecule has 3 heteroatoms. The summed E-state index contributed by atoms with van der Waals surface area (Å²) in [5.74, 6) is -0.846. The van der Waals surface area contributed by atoms with E-state index in [1.807, 2.05) is 6.92 Å². The average molecular weight is 196 g/mol. The number of aryl methyl sites for hydroxylation is 1. The molecule has 76 valence electrons. The minimum Gasteiger partial charge on any atom is -0.465 e. The van der Waals surface area contributed by atoms with Crippen molar-refractivity contribution >= 4 is 5.97 Å². The topological polar surface area (TPSA) is 26.3 Å². The zero-order valence-electron chi connectivity index (χ0n) is 8.34. The third kappa shape index (κ3) is 2.31. The zero-order chi connectivity index (χ0) is 10.6. The molecule has 1 aromatic rings. The van der Waals surface area contributed by atoms with Gasteiger partial charge < -0.3 is 4.74 Å². The number of halogens is 1. The Morgan fingerprint density at radius 1 is 1.50 bits per heavy atom. The number of carbonyl (C=O) groups excluding carboxylic acids is 1. The van der Waals surface area contributed by atoms with Crippen LogP contribution in [0.25, 0.3) is 0 Å². The summed E-state index contributed by atoms with van der Waals surface area (Å²) < 4.78 is 17.8. The van der Waals surface area contributed by atoms with Crippen molar-refractivity contribution in [2.45, 2.75) is 19.8 Å². The molecule has 0 bridgehead atoms. The Hall–Kier alpha value is -1.38. The van der Waals surface area contributed by atoms with Gasteiger partial charge in [0.15, 0.2) is 0 Å². The van der Waals surface area contributed by atoms with E-state index in [1.54, 1.807) is 12.1 Å². The molecule has 0 spiro atoms. The van der Waals surface area contributed by atoms with Crippen molar-refractivity contribution < 1.29 is 13.9 Å². The molecule has 0 amide bonds. The maximum absolute atomic E-state index is 13.3. The van der Waals surface area contributed by atoms with Crippen molar-refractivity contribution in [1.29, 1.82) is 0 Å². The molecule has 0 aliphatic carbocycles. The van der Waals surface area contributed by atoms with E-state index in [-0.39, 0.29) is 11.4 Å². The fourth-order valence-electron chi connectivity index (χ4n) is 1.26. The maximum atomic E-state index is 13.3. The second kappa shape index (κ2) is 4.74. The van der Waals surface area contributed by atoms with Crippen molar-refractivity contribution in [2.24, 2.45) is 0 Å². The van der Waals surface area contributed by atoms with Gasteiger partial charge in [0.05, 0.1) is 12.7 Å². The van der Waals surface area contributed by atoms with Gasteiger partial charge in [0.1, 0.15) is 5.82 Å². The summed E-state index contributed by atoms with van der Waals surface area (Å²) in [6.07, 6.45) is 1.57. The van der Waals surface area contributed by atoms with Crippen LogP contribution >= 0.6 is 0 Å². The Bertz CT molecular complexity index is 334. The third-order valence-corrected chi connectivity index (χ3v) is 1.99. The summed E-state index contributed by atoms with van der Waals surface area (Å²) in [5.41, 5.74) is 0.894. The van der Waals surface area contributed by atoms with Crippen LogP contribution in [0.1, 0.15) is 29.3 Å². The number of hydrogen-bond acceptors (Lipinski definition) is 2. The normalized spacial score (nSPS) is 9.93. The van der Waals surface area contributed by atoms with Crippen LogP contribution in [0, 0.1) is 5.82 Å². The summed E-state index contributed by atoms with van der Waals surface area (Å²) in [6.45, 7) is 1.98. The summed E-state index contributed by atoms with van der Waals surface area (Å²) in [4.78, 5) is 11.0. The number of esters is 1. The van der Waals surface area contributed by atoms with Crippen LogP contribution in [0.2, 0.25) is 0 Å². The minimum absolute atomic E-state index is 0.254. The largest absolute Gasteiger partial charge is 0.465 e. The van der Waals surface area contributed by atoms with E-state index >= 15 is 0 Å². The Morgan fingerprint density at radius 2 is 2.21 bits per heavy atom. The van der Waals surface area contributed by atoms with Gasteiger partial charge in [-0.3, -0.25) is 0 Å². The first kappa shape index (κ1) is 10.7. The molecule has 0 unspecified atom stereocenters. The quantitative estimate of drug-likeness (QED) is 0.694. The summed E-state index contributed by atoms with van der Waals surface area (Å²) in [5, 5.41) is 0. The summed E-state index contributed by atoms with van der Waals surface area (Å²) in [7, 11) is 1.28. The molecule has 0 aliphatic heterocycles. The second-order valence-corrected chi connectivity index (χ2v) is 3.05. The van der Waals surface area contributed by atoms with Gasteiger partial charge in [-0.1, -0.05) is 19.4 Å². The Labute approximate surface area is 82.7 Å². The van der Waals surface area contributed by atoms with Crippen molar-refractivity contribution in [3.8, 4) is 0 Å². The van der Waals surface area contributed by atoms with Crippen LogP contribution in [0.4, 0.5) is 4.39 Å². The lowest BCUT2D eigenvalue weighted by Crippen LogP contribution is -2.02. The minimum atomic E-state index is -0.507. The first-order chi connectivity index (χ1) is 6.69. The van der Waals surface area contributed by atoms with Crippen molar-refractivity contribution in [1.82, 2.24) is 0 Å². The lowest BCUT2D eigenvalue weighted by Gasteiger charge is -2.03. The highest BCUT2D eigenvalue weighted by Gasteiger charge is 2.08. The highest BCUT2D eigenvalue weighted by atomic mass is 19.1. The molecule has 0 aromatic heterocycles. The Morgan fingerprint density at radius 3 is 2.71 bits per heavy atom. The number of methoxy groups -OCH3 is 1. The van der Waals surface area contributed by atoms with Crippen LogP contribution < -0.4 is 0 Å². The van der Waals surface area contributed by atoms with E-state index < -0.39 is 5.97 Å². The number of ether oxygens (including phenoxy) is 1. The van der Waals surface area contributed by atoms with Crippen LogP contribution in [-0.4, -0.2) is 13.1 Å². The number of carbonyl (C=O) groups is 1. The average Bonchev–Trinajstić information content (AvgIpc) is 2.20. The predicted octanol–water partition coefficient (Wildman–Crippen LogP) is 2.56. The number of rotatable bonds is 3. The number of benzene rings is 1. The standard InChI is InChI=1S/C11H13FO2/c1-3-4-8-5-6-9(7-10(8)12)11(13)14-2/h5-7H,3-4H2,1-2H3. The first-order valence-corrected chi connectivity index (χ1v) is 4.55. The van der Waals surface area contributed by atoms with Crippen LogP contribution in [0.5, 0.6) is 0 Å². The van der Waals surface area contributed by atoms with Crippen LogP contribution in [0.15, 0.2) is 18.2 Å². The van der Waals surface area contributed by atoms with Gasteiger partial charge in [-0.05, 0) is 24.1 Å². The van der Waals surface area contributed by atoms with Gasteiger partial charge >= 0.3 is 5.97 Å². The molecule has 0 atom stereocenters. The van der Waals surface area contributed by atoms with E-state index in [0.717, 1.165) is 6.42 Å². The highest BCUT2D eigenvalue weighted by Crippen LogP contribution is 2.12. The molecule has 0 N–H and O–H groups in total. The summed E-state index contributed by atoms with van der Waals surface area (Å²) >= 11 is 0. The Kier molecular flexibility index (Phi) is 3.63. The first-order valence-electron chi connectivity index (χ1n) is 4.55. The van der Waals surface area contributed by atoms with Crippen molar-refractivity contribution in [3.05, 3.63) is 35.1 Å². The highest BCUT2D eigenvalue weighted by molar-refractivity contribution is 5.89. The maximum Gasteiger partial charge on any atom is 0.337 e. The van der Waals surface area contributed by atoms with Crippen LogP contribution in [-0.2, 0) is 11.2 Å². The lowest BCUT2D eigenvalue weighted by atomic mass is 10.1. The van der Waals surface area contributed by atoms with Gasteiger partial charge in [0, 0.05) is 0 Å². The van der Waals surface area contributed by atoms with E-state index in [2.05, 4.69) is 4.74 Å². The van der Waals surface area contributed by atoms with Gasteiger partial charge in [0.25, 0.3) is 0 Å². The molecule has 1 aromatic carbocycles. The molecule has 0 fully saturated rings. The van der Waals surface area contributed by atoms with Crippen LogP contribution in [0.3, 0.4) is 0 Å². The SMILES string of the molecule is CCCc1ccc(C(=O)OC)cc1F. The number of hydrogen-bond donors (Lipinski definition) is 0. The summed E-state index contributed by atoms with van der Waals surface area (Å²) in [6, 6.07) is 4.43. The molecular formula is C11H13FO2. The Balaban J connectivity index is 2.94. The van der Waals surface area contributed by atoms with E-state index in [9.17, 15) is 9.18 Å². The fourth-order valence-corrected chi connectivity index (χ4v) is 1.26. The molecule has 0 saturated carbocycles. The second-order valence-electron chi connectivity index (χ2n) is 3.05. The molecule has 14 heavy (non-hydrogen) atoms. The lowest BCUT2D eigenvalue weighted by molar-refractivity contribution is 0.0600. The molecule has 0 radical (unpaired) electrons. The van der Waals surface area contributed by atoms with Gasteiger partial charge in [-0.2, -0.15) is 0 Å². The van der Waals surface area contributed by atoms with E-state index in [1.165, 1.54) is 13.2 Å². The fraction of sp³-hybridized carbons (Fsp3) is 0.364. The zero-order valence-corrected chi connectivity index (χ0v) is 8.34. The molecule has 2 nitrogen and oxygen atoms in total. The molecule has 0 aliphatic rings. The smallest absolute Gasteiger partial charge is 0.337 e. The molecule has 0 heterocycles. The van der Waals surface area contributed by atoms with E-state index in [4.69, 9.17) is 0 Å². The molecule has 0 saturated heterocycles. The van der Waals surface area contributed by atoms with Crippen molar-refractivity contribution in [3.63, 3.8) is 0 Å². The van der Waals surface area contributed by atoms with Gasteiger partial charge in [0.2, 0.25) is 0 Å². The molecular weight excluding hydrogens is 183 g/mol. The monoisotopic (exact) mass is 196 g/mol. The predicted molar refractivity (Wildman–Crippen MR) is 51.7 cm³/mol. The van der Waals surface area contributed by atoms with Gasteiger partial charge in [-0.25, -0.2) is 9.18 Å². The molecule has 1 rings (SSSR count). The van der Waals surface area contributed by atoms with Crippen molar-refractivity contribution in [2.75, 3.05) is 7.11 Å². The van der Waals surface area contributed by atoms with E-state index in [0.29, 0.717) is 12.0 Å². The van der Waals surface area contributed by atoms with Gasteiger partial charge in [-0.15, -0.1) is 0 Å². The third-order valence-electron chi connectivity index (χ3n) is 1.99.